The average molecular weight is 487 g/mol. The number of benzene rings is 2. The number of ether oxygens (including phenoxy) is 1. The van der Waals surface area contributed by atoms with Crippen LogP contribution in [0.25, 0.3) is 11.0 Å². The zero-order valence-electron chi connectivity index (χ0n) is 19.1. The second kappa shape index (κ2) is 9.99. The molecule has 2 heterocycles. The normalized spacial score (nSPS) is 18.3. The van der Waals surface area contributed by atoms with E-state index in [-0.39, 0.29) is 31.0 Å². The summed E-state index contributed by atoms with van der Waals surface area (Å²) in [6.07, 6.45) is 1.09. The number of piperidine rings is 1. The molecule has 1 fully saturated rings. The molecule has 0 unspecified atom stereocenters. The Labute approximate surface area is 202 Å². The van der Waals surface area contributed by atoms with Gasteiger partial charge in [-0.25, -0.2) is 9.78 Å². The van der Waals surface area contributed by atoms with E-state index in [4.69, 9.17) is 16.3 Å². The highest BCUT2D eigenvalue weighted by molar-refractivity contribution is 6.31. The highest BCUT2D eigenvalue weighted by Gasteiger charge is 2.28. The second-order valence-corrected chi connectivity index (χ2v) is 9.36. The first-order chi connectivity index (χ1) is 16.3. The topological polar surface area (TPSA) is 111 Å². The number of aromatic nitrogens is 2. The Morgan fingerprint density at radius 2 is 1.97 bits per heavy atom. The first-order valence-corrected chi connectivity index (χ1v) is 11.6. The van der Waals surface area contributed by atoms with Crippen molar-refractivity contribution in [3.8, 4) is 0 Å². The number of halogens is 1. The van der Waals surface area contributed by atoms with Gasteiger partial charge in [0, 0.05) is 30.7 Å². The average Bonchev–Trinajstić information content (AvgIpc) is 3.13. The summed E-state index contributed by atoms with van der Waals surface area (Å²) in [4.78, 5) is 30.6. The SMILES string of the molecule is C[C@@H]1C[C@H](C)CN(c2ccc(C(=O)OCc3nc4ccc(Cl)cc4n3CCO)cc2[N+](=O)[O-])C1. The number of fused-ring (bicyclic) bond motifs is 1. The quantitative estimate of drug-likeness (QED) is 0.299. The van der Waals surface area contributed by atoms with E-state index in [0.29, 0.717) is 33.9 Å². The molecule has 0 aliphatic carbocycles. The molecule has 0 bridgehead atoms. The number of carbonyl (C=O) groups is 1. The fourth-order valence-corrected chi connectivity index (χ4v) is 4.91. The van der Waals surface area contributed by atoms with Crippen molar-refractivity contribution < 1.29 is 19.6 Å². The molecule has 1 N–H and O–H groups in total. The number of imidazole rings is 1. The maximum atomic E-state index is 12.8. The molecule has 3 aromatic rings. The van der Waals surface area contributed by atoms with Crippen LogP contribution in [0.1, 0.15) is 36.5 Å². The van der Waals surface area contributed by atoms with Gasteiger partial charge in [0.1, 0.15) is 18.1 Å². The minimum atomic E-state index is -0.685. The standard InChI is InChI=1S/C24H27ClN4O5/c1-15-9-16(2)13-27(12-15)20-6-3-17(10-22(20)29(32)33)24(31)34-14-23-26-19-5-4-18(25)11-21(19)28(23)7-8-30/h3-6,10-11,15-16,30H,7-9,12-14H2,1-2H3/t15-,16+. The van der Waals surface area contributed by atoms with Gasteiger partial charge in [-0.15, -0.1) is 0 Å². The summed E-state index contributed by atoms with van der Waals surface area (Å²) >= 11 is 6.09. The molecule has 1 aliphatic rings. The molecule has 1 aromatic heterocycles. The third-order valence-corrected chi connectivity index (χ3v) is 6.30. The molecule has 0 amide bonds. The molecule has 4 rings (SSSR count). The lowest BCUT2D eigenvalue weighted by Crippen LogP contribution is -2.39. The predicted molar refractivity (Wildman–Crippen MR) is 129 cm³/mol. The van der Waals surface area contributed by atoms with E-state index < -0.39 is 10.9 Å². The van der Waals surface area contributed by atoms with Gasteiger partial charge in [-0.2, -0.15) is 0 Å². The van der Waals surface area contributed by atoms with Crippen LogP contribution >= 0.6 is 11.6 Å². The number of nitrogens with zero attached hydrogens (tertiary/aromatic N) is 4. The molecular formula is C24H27ClN4O5. The van der Waals surface area contributed by atoms with Crippen LogP contribution < -0.4 is 4.90 Å². The van der Waals surface area contributed by atoms with Crippen LogP contribution in [0.3, 0.4) is 0 Å². The molecular weight excluding hydrogens is 460 g/mol. The summed E-state index contributed by atoms with van der Waals surface area (Å²) in [6, 6.07) is 9.66. The summed E-state index contributed by atoms with van der Waals surface area (Å²) in [5, 5.41) is 21.8. The van der Waals surface area contributed by atoms with E-state index in [0.717, 1.165) is 25.0 Å². The first kappa shape index (κ1) is 24.0. The largest absolute Gasteiger partial charge is 0.454 e. The second-order valence-electron chi connectivity index (χ2n) is 8.92. The lowest BCUT2D eigenvalue weighted by atomic mass is 9.91. The monoisotopic (exact) mass is 486 g/mol. The predicted octanol–water partition coefficient (Wildman–Crippen LogP) is 4.43. The Kier molecular flexibility index (Phi) is 7.04. The van der Waals surface area contributed by atoms with Crippen LogP contribution in [0.15, 0.2) is 36.4 Å². The zero-order valence-corrected chi connectivity index (χ0v) is 19.9. The number of aliphatic hydroxyl groups excluding tert-OH is 1. The molecule has 1 saturated heterocycles. The van der Waals surface area contributed by atoms with Crippen molar-refractivity contribution >= 4 is 40.0 Å². The molecule has 34 heavy (non-hydrogen) atoms. The van der Waals surface area contributed by atoms with Crippen molar-refractivity contribution in [3.05, 3.63) is 62.9 Å². The van der Waals surface area contributed by atoms with Crippen LogP contribution in [-0.4, -0.2) is 45.2 Å². The molecule has 0 saturated carbocycles. The zero-order chi connectivity index (χ0) is 24.4. The number of hydrogen-bond acceptors (Lipinski definition) is 7. The number of aliphatic hydroxyl groups is 1. The third-order valence-electron chi connectivity index (χ3n) is 6.06. The van der Waals surface area contributed by atoms with Gasteiger partial charge >= 0.3 is 5.97 Å². The van der Waals surface area contributed by atoms with E-state index in [9.17, 15) is 20.0 Å². The smallest absolute Gasteiger partial charge is 0.338 e. The number of esters is 1. The molecule has 0 spiro atoms. The Morgan fingerprint density at radius 3 is 2.65 bits per heavy atom. The molecule has 180 valence electrons. The number of hydrogen-bond donors (Lipinski definition) is 1. The Morgan fingerprint density at radius 1 is 1.24 bits per heavy atom. The van der Waals surface area contributed by atoms with Gasteiger partial charge < -0.3 is 19.3 Å². The van der Waals surface area contributed by atoms with Crippen molar-refractivity contribution in [2.24, 2.45) is 11.8 Å². The van der Waals surface area contributed by atoms with Crippen LogP contribution in [0.4, 0.5) is 11.4 Å². The molecule has 0 radical (unpaired) electrons. The summed E-state index contributed by atoms with van der Waals surface area (Å²) in [6.45, 7) is 5.73. The van der Waals surface area contributed by atoms with Gasteiger partial charge in [-0.05, 0) is 48.6 Å². The van der Waals surface area contributed by atoms with Gasteiger partial charge in [0.25, 0.3) is 5.69 Å². The molecule has 2 aromatic carbocycles. The van der Waals surface area contributed by atoms with E-state index >= 15 is 0 Å². The maximum absolute atomic E-state index is 12.8. The number of anilines is 1. The van der Waals surface area contributed by atoms with Crippen LogP contribution in [0.2, 0.25) is 5.02 Å². The Hall–Kier alpha value is -3.17. The van der Waals surface area contributed by atoms with Gasteiger partial charge in [0.2, 0.25) is 0 Å². The van der Waals surface area contributed by atoms with Crippen molar-refractivity contribution in [1.29, 1.82) is 0 Å². The van der Waals surface area contributed by atoms with Gasteiger partial charge in [-0.3, -0.25) is 10.1 Å². The summed E-state index contributed by atoms with van der Waals surface area (Å²) < 4.78 is 7.18. The summed E-state index contributed by atoms with van der Waals surface area (Å²) in [5.41, 5.74) is 1.88. The van der Waals surface area contributed by atoms with Crippen molar-refractivity contribution in [3.63, 3.8) is 0 Å². The molecule has 9 nitrogen and oxygen atoms in total. The van der Waals surface area contributed by atoms with Crippen LogP contribution in [0, 0.1) is 22.0 Å². The maximum Gasteiger partial charge on any atom is 0.338 e. The molecule has 1 aliphatic heterocycles. The first-order valence-electron chi connectivity index (χ1n) is 11.2. The highest BCUT2D eigenvalue weighted by Crippen LogP contribution is 2.34. The number of nitro groups is 1. The van der Waals surface area contributed by atoms with Crippen molar-refractivity contribution in [2.75, 3.05) is 24.6 Å². The summed E-state index contributed by atoms with van der Waals surface area (Å²) in [5.74, 6) is 0.625. The van der Waals surface area contributed by atoms with E-state index in [1.165, 1.54) is 6.07 Å². The van der Waals surface area contributed by atoms with E-state index in [2.05, 4.69) is 18.8 Å². The van der Waals surface area contributed by atoms with E-state index in [1.54, 1.807) is 34.9 Å². The minimum absolute atomic E-state index is 0.0985. The highest BCUT2D eigenvalue weighted by atomic mass is 35.5. The van der Waals surface area contributed by atoms with Crippen molar-refractivity contribution in [2.45, 2.75) is 33.4 Å². The van der Waals surface area contributed by atoms with Crippen LogP contribution in [-0.2, 0) is 17.9 Å². The third kappa shape index (κ3) is 5.00. The number of carbonyl (C=O) groups excluding carboxylic acids is 1. The molecule has 10 heteroatoms. The Bertz CT molecular complexity index is 1220. The number of rotatable bonds is 7. The fraction of sp³-hybridized carbons (Fsp3) is 0.417. The fourth-order valence-electron chi connectivity index (χ4n) is 4.74. The van der Waals surface area contributed by atoms with Gasteiger partial charge in [0.15, 0.2) is 0 Å². The van der Waals surface area contributed by atoms with Gasteiger partial charge in [0.05, 0.1) is 28.1 Å². The minimum Gasteiger partial charge on any atom is -0.454 e. The van der Waals surface area contributed by atoms with Crippen LogP contribution in [0.5, 0.6) is 0 Å². The Balaban J connectivity index is 1.55. The van der Waals surface area contributed by atoms with Crippen molar-refractivity contribution in [1.82, 2.24) is 9.55 Å². The number of nitro benzene ring substituents is 1. The molecule has 2 atom stereocenters. The summed E-state index contributed by atoms with van der Waals surface area (Å²) in [7, 11) is 0. The lowest BCUT2D eigenvalue weighted by molar-refractivity contribution is -0.384. The lowest BCUT2D eigenvalue weighted by Gasteiger charge is -2.36. The van der Waals surface area contributed by atoms with E-state index in [1.807, 2.05) is 4.90 Å². The van der Waals surface area contributed by atoms with Gasteiger partial charge in [-0.1, -0.05) is 25.4 Å².